The molecule has 3 aromatic heterocycles. The van der Waals surface area contributed by atoms with E-state index < -0.39 is 12.5 Å². The van der Waals surface area contributed by atoms with Crippen LogP contribution in [0.1, 0.15) is 33.7 Å². The molecule has 0 aromatic carbocycles. The van der Waals surface area contributed by atoms with Gasteiger partial charge in [-0.15, -0.1) is 0 Å². The van der Waals surface area contributed by atoms with Crippen LogP contribution in [0.3, 0.4) is 0 Å². The number of amides is 1. The molecule has 9 nitrogen and oxygen atoms in total. The molecule has 1 aliphatic rings. The fourth-order valence-corrected chi connectivity index (χ4v) is 2.91. The molecule has 0 bridgehead atoms. The molecule has 0 atom stereocenters. The molecule has 1 fully saturated rings. The maximum absolute atomic E-state index is 12.6. The summed E-state index contributed by atoms with van der Waals surface area (Å²) in [5.41, 5.74) is -0.0302. The molecule has 4 rings (SSSR count). The molecule has 0 aliphatic heterocycles. The highest BCUT2D eigenvalue weighted by Gasteiger charge is 2.23. The van der Waals surface area contributed by atoms with Gasteiger partial charge in [-0.3, -0.25) is 9.59 Å². The number of rotatable bonds is 5. The molecule has 0 spiro atoms. The van der Waals surface area contributed by atoms with Crippen molar-refractivity contribution >= 4 is 28.9 Å². The standard InChI is InChI=1S/C18H21N7O2/c1-19-15-9-14(22-13-7-4-8-24(2)18(13)27)23-16-12(10-20-25(15)16)17(26)21-11-5-3-6-11/h4,7-11,19H,3,5-6H2,1-2H3,(H,21,26)(H,22,23)/i2D3. The minimum atomic E-state index is -2.60. The molecular weight excluding hydrogens is 346 g/mol. The lowest BCUT2D eigenvalue weighted by molar-refractivity contribution is 0.0918. The van der Waals surface area contributed by atoms with Crippen molar-refractivity contribution in [1.82, 2.24) is 24.5 Å². The van der Waals surface area contributed by atoms with Gasteiger partial charge in [0.25, 0.3) is 11.5 Å². The van der Waals surface area contributed by atoms with Crippen molar-refractivity contribution < 1.29 is 8.91 Å². The summed E-state index contributed by atoms with van der Waals surface area (Å²) in [6.45, 7) is -2.60. The maximum Gasteiger partial charge on any atom is 0.274 e. The Morgan fingerprint density at radius 2 is 2.26 bits per heavy atom. The van der Waals surface area contributed by atoms with Gasteiger partial charge in [0.1, 0.15) is 22.9 Å². The summed E-state index contributed by atoms with van der Waals surface area (Å²) in [7, 11) is 1.69. The van der Waals surface area contributed by atoms with Crippen LogP contribution in [0.15, 0.2) is 35.4 Å². The highest BCUT2D eigenvalue weighted by Crippen LogP contribution is 2.22. The van der Waals surface area contributed by atoms with Crippen LogP contribution in [0, 0.1) is 0 Å². The summed E-state index contributed by atoms with van der Waals surface area (Å²) >= 11 is 0. The fraction of sp³-hybridized carbons (Fsp3) is 0.333. The molecule has 1 aliphatic carbocycles. The second kappa shape index (κ2) is 6.75. The van der Waals surface area contributed by atoms with Crippen molar-refractivity contribution in [3.63, 3.8) is 0 Å². The van der Waals surface area contributed by atoms with Gasteiger partial charge in [0.15, 0.2) is 5.65 Å². The molecule has 3 N–H and O–H groups in total. The number of aromatic nitrogens is 4. The molecule has 27 heavy (non-hydrogen) atoms. The molecule has 1 saturated carbocycles. The van der Waals surface area contributed by atoms with Crippen LogP contribution in [-0.2, 0) is 6.98 Å². The quantitative estimate of drug-likeness (QED) is 0.628. The van der Waals surface area contributed by atoms with Crippen LogP contribution in [0.25, 0.3) is 5.65 Å². The number of pyridine rings is 1. The summed E-state index contributed by atoms with van der Waals surface area (Å²) in [6.07, 6.45) is 5.66. The number of hydrogen-bond acceptors (Lipinski definition) is 6. The third-order valence-corrected chi connectivity index (χ3v) is 4.62. The third kappa shape index (κ3) is 3.12. The van der Waals surface area contributed by atoms with Gasteiger partial charge in [-0.2, -0.15) is 9.61 Å². The predicted molar refractivity (Wildman–Crippen MR) is 103 cm³/mol. The smallest absolute Gasteiger partial charge is 0.274 e. The number of nitrogens with one attached hydrogen (secondary N) is 3. The van der Waals surface area contributed by atoms with E-state index in [2.05, 4.69) is 26.0 Å². The number of carbonyl (C=O) groups is 1. The van der Waals surface area contributed by atoms with Crippen molar-refractivity contribution in [2.45, 2.75) is 25.3 Å². The van der Waals surface area contributed by atoms with Gasteiger partial charge >= 0.3 is 0 Å². The number of aryl methyl sites for hydroxylation is 1. The van der Waals surface area contributed by atoms with Crippen LogP contribution in [0.4, 0.5) is 17.3 Å². The molecule has 140 valence electrons. The zero-order valence-electron chi connectivity index (χ0n) is 17.7. The van der Waals surface area contributed by atoms with Gasteiger partial charge < -0.3 is 20.5 Å². The van der Waals surface area contributed by atoms with E-state index in [1.54, 1.807) is 13.1 Å². The van der Waals surface area contributed by atoms with Gasteiger partial charge in [-0.05, 0) is 31.4 Å². The molecule has 3 heterocycles. The van der Waals surface area contributed by atoms with E-state index in [9.17, 15) is 9.59 Å². The molecule has 0 radical (unpaired) electrons. The highest BCUT2D eigenvalue weighted by atomic mass is 16.2. The summed E-state index contributed by atoms with van der Waals surface area (Å²) in [4.78, 5) is 29.6. The Morgan fingerprint density at radius 1 is 1.41 bits per heavy atom. The molecule has 0 saturated heterocycles. The van der Waals surface area contributed by atoms with E-state index in [1.807, 2.05) is 0 Å². The number of fused-ring (bicyclic) bond motifs is 1. The average molecular weight is 370 g/mol. The Kier molecular flexibility index (Phi) is 3.45. The van der Waals surface area contributed by atoms with E-state index in [4.69, 9.17) is 4.11 Å². The lowest BCUT2D eigenvalue weighted by Crippen LogP contribution is -2.39. The Morgan fingerprint density at radius 3 is 2.96 bits per heavy atom. The normalized spacial score (nSPS) is 16.1. The van der Waals surface area contributed by atoms with Gasteiger partial charge in [-0.1, -0.05) is 0 Å². The van der Waals surface area contributed by atoms with Crippen molar-refractivity contribution in [1.29, 1.82) is 0 Å². The SMILES string of the molecule is [2H]C([2H])([2H])n1cccc(Nc2cc(NC)n3ncc(C(=O)NC4CCC4)c3n2)c1=O. The lowest BCUT2D eigenvalue weighted by Gasteiger charge is -2.26. The number of carbonyl (C=O) groups excluding carboxylic acids is 1. The van der Waals surface area contributed by atoms with Crippen LogP contribution in [0.2, 0.25) is 0 Å². The Balaban J connectivity index is 1.72. The van der Waals surface area contributed by atoms with Crippen molar-refractivity contribution in [3.05, 3.63) is 46.5 Å². The summed E-state index contributed by atoms with van der Waals surface area (Å²) in [5, 5.41) is 13.0. The summed E-state index contributed by atoms with van der Waals surface area (Å²) in [6, 6.07) is 4.71. The predicted octanol–water partition coefficient (Wildman–Crippen LogP) is 1.50. The second-order valence-electron chi connectivity index (χ2n) is 6.39. The second-order valence-corrected chi connectivity index (χ2v) is 6.39. The van der Waals surface area contributed by atoms with Crippen LogP contribution < -0.4 is 21.5 Å². The summed E-state index contributed by atoms with van der Waals surface area (Å²) < 4.78 is 24.6. The monoisotopic (exact) mass is 370 g/mol. The zero-order chi connectivity index (χ0) is 21.5. The first-order chi connectivity index (χ1) is 14.3. The molecule has 0 unspecified atom stereocenters. The van der Waals surface area contributed by atoms with Gasteiger partial charge in [0.2, 0.25) is 0 Å². The lowest BCUT2D eigenvalue weighted by atomic mass is 9.93. The van der Waals surface area contributed by atoms with Crippen molar-refractivity contribution in [2.75, 3.05) is 17.7 Å². The Bertz CT molecular complexity index is 1160. The fourth-order valence-electron chi connectivity index (χ4n) is 2.91. The molecule has 3 aromatic rings. The van der Waals surface area contributed by atoms with Crippen molar-refractivity contribution in [2.24, 2.45) is 6.98 Å². The summed E-state index contributed by atoms with van der Waals surface area (Å²) in [5.74, 6) is 0.550. The first-order valence-corrected chi connectivity index (χ1v) is 8.64. The van der Waals surface area contributed by atoms with Crippen LogP contribution in [0.5, 0.6) is 0 Å². The largest absolute Gasteiger partial charge is 0.373 e. The van der Waals surface area contributed by atoms with E-state index >= 15 is 0 Å². The molecular formula is C18H21N7O2. The van der Waals surface area contributed by atoms with E-state index in [-0.39, 0.29) is 23.5 Å². The first-order valence-electron chi connectivity index (χ1n) is 10.1. The topological polar surface area (TPSA) is 105 Å². The van der Waals surface area contributed by atoms with Crippen molar-refractivity contribution in [3.8, 4) is 0 Å². The van der Waals surface area contributed by atoms with Gasteiger partial charge in [0.05, 0.1) is 6.20 Å². The minimum absolute atomic E-state index is 0.0486. The van der Waals surface area contributed by atoms with Gasteiger partial charge in [-0.25, -0.2) is 4.98 Å². The number of anilines is 3. The Labute approximate surface area is 159 Å². The first kappa shape index (κ1) is 13.8. The number of hydrogen-bond donors (Lipinski definition) is 3. The van der Waals surface area contributed by atoms with E-state index in [0.29, 0.717) is 21.6 Å². The van der Waals surface area contributed by atoms with Crippen LogP contribution in [-0.4, -0.2) is 38.2 Å². The highest BCUT2D eigenvalue weighted by molar-refractivity contribution is 6.00. The zero-order valence-corrected chi connectivity index (χ0v) is 14.7. The third-order valence-electron chi connectivity index (χ3n) is 4.62. The Hall–Kier alpha value is -3.36. The average Bonchev–Trinajstić information content (AvgIpc) is 3.08. The molecule has 9 heteroatoms. The number of nitrogens with zero attached hydrogens (tertiary/aromatic N) is 4. The molecule has 1 amide bonds. The van der Waals surface area contributed by atoms with E-state index in [0.717, 1.165) is 19.3 Å². The van der Waals surface area contributed by atoms with Crippen LogP contribution >= 0.6 is 0 Å². The maximum atomic E-state index is 12.6. The van der Waals surface area contributed by atoms with Gasteiger partial charge in [0, 0.05) is 36.4 Å². The minimum Gasteiger partial charge on any atom is -0.373 e. The van der Waals surface area contributed by atoms with E-state index in [1.165, 1.54) is 29.0 Å².